The topological polar surface area (TPSA) is 176 Å². The molecular weight excluding hydrogens is 422 g/mol. The summed E-state index contributed by atoms with van der Waals surface area (Å²) in [6.07, 6.45) is 1.40. The van der Waals surface area contributed by atoms with Crippen molar-refractivity contribution in [1.29, 1.82) is 0 Å². The van der Waals surface area contributed by atoms with Crippen LogP contribution in [0.4, 0.5) is 5.82 Å². The van der Waals surface area contributed by atoms with Crippen LogP contribution in [0.25, 0.3) is 5.82 Å². The van der Waals surface area contributed by atoms with Gasteiger partial charge in [-0.05, 0) is 48.2 Å². The van der Waals surface area contributed by atoms with E-state index in [4.69, 9.17) is 15.2 Å². The van der Waals surface area contributed by atoms with Crippen molar-refractivity contribution in [2.45, 2.75) is 13.5 Å². The largest absolute Gasteiger partial charge is 0.493 e. The summed E-state index contributed by atoms with van der Waals surface area (Å²) in [6, 6.07) is 4.80. The second-order valence-electron chi connectivity index (χ2n) is 6.71. The van der Waals surface area contributed by atoms with E-state index in [1.807, 2.05) is 19.0 Å². The van der Waals surface area contributed by atoms with Crippen LogP contribution in [0.3, 0.4) is 0 Å². The molecule has 2 heterocycles. The maximum Gasteiger partial charge on any atom is 0.308 e. The number of amides is 1. The molecule has 14 heteroatoms. The minimum absolute atomic E-state index is 0.00559. The number of hydrazone groups is 1. The fraction of sp³-hybridized carbons (Fsp3) is 0.278. The number of hydrogen-bond donors (Lipinski definition) is 2. The lowest BCUT2D eigenvalue weighted by Crippen LogP contribution is -2.23. The number of carbonyl (C=O) groups excluding carboxylic acids is 2. The average molecular weight is 443 g/mol. The van der Waals surface area contributed by atoms with Gasteiger partial charge in [0.1, 0.15) is 0 Å². The molecule has 1 amide bonds. The zero-order chi connectivity index (χ0) is 23.3. The summed E-state index contributed by atoms with van der Waals surface area (Å²) in [5, 5.41) is 19.0. The Kier molecular flexibility index (Phi) is 6.74. The van der Waals surface area contributed by atoms with Crippen molar-refractivity contribution in [3.05, 3.63) is 35.2 Å². The molecule has 0 spiro atoms. The lowest BCUT2D eigenvalue weighted by atomic mass is 10.2. The Morgan fingerprint density at radius 3 is 2.72 bits per heavy atom. The fourth-order valence-electron chi connectivity index (χ4n) is 2.65. The Balaban J connectivity index is 1.79. The van der Waals surface area contributed by atoms with E-state index in [0.29, 0.717) is 23.6 Å². The second-order valence-corrected chi connectivity index (χ2v) is 6.71. The zero-order valence-electron chi connectivity index (χ0n) is 17.8. The highest BCUT2D eigenvalue weighted by molar-refractivity contribution is 5.94. The molecule has 0 bridgehead atoms. The molecule has 0 aliphatic carbocycles. The Morgan fingerprint density at radius 2 is 2.09 bits per heavy atom. The van der Waals surface area contributed by atoms with Gasteiger partial charge in [-0.2, -0.15) is 9.78 Å². The number of esters is 1. The van der Waals surface area contributed by atoms with Gasteiger partial charge in [0.2, 0.25) is 11.6 Å². The molecule has 14 nitrogen and oxygen atoms in total. The van der Waals surface area contributed by atoms with Crippen molar-refractivity contribution < 1.29 is 23.7 Å². The molecule has 0 aliphatic heterocycles. The van der Waals surface area contributed by atoms with Crippen molar-refractivity contribution in [1.82, 2.24) is 35.6 Å². The van der Waals surface area contributed by atoms with Crippen LogP contribution in [0.5, 0.6) is 11.5 Å². The molecule has 0 radical (unpaired) electrons. The number of ether oxygens (including phenoxy) is 2. The lowest BCUT2D eigenvalue weighted by molar-refractivity contribution is -0.132. The molecule has 3 rings (SSSR count). The predicted molar refractivity (Wildman–Crippen MR) is 110 cm³/mol. The average Bonchev–Trinajstić information content (AvgIpc) is 3.33. The summed E-state index contributed by atoms with van der Waals surface area (Å²) in [4.78, 5) is 25.6. The molecule has 0 atom stereocenters. The quantitative estimate of drug-likeness (QED) is 0.207. The number of nitrogens with one attached hydrogen (secondary N) is 1. The number of nitrogens with two attached hydrogens (primary N) is 1. The van der Waals surface area contributed by atoms with Gasteiger partial charge < -0.3 is 20.1 Å². The first kappa shape index (κ1) is 22.4. The van der Waals surface area contributed by atoms with Crippen LogP contribution in [0.2, 0.25) is 0 Å². The summed E-state index contributed by atoms with van der Waals surface area (Å²) >= 11 is 0. The number of rotatable bonds is 8. The molecule has 168 valence electrons. The molecular formula is C18H21N9O5. The standard InChI is InChI=1S/C18H21N9O5/c1-10(28)31-13-6-5-11(7-14(13)30-4)8-20-22-18(29)15-12(9-26(2)3)27(25-21-15)17-16(19)23-32-24-17/h5-8H,9H2,1-4H3,(H2,19,23)(H,22,29). The van der Waals surface area contributed by atoms with Gasteiger partial charge in [0.15, 0.2) is 17.2 Å². The second kappa shape index (κ2) is 9.65. The van der Waals surface area contributed by atoms with E-state index in [1.165, 1.54) is 24.9 Å². The first-order valence-electron chi connectivity index (χ1n) is 9.17. The summed E-state index contributed by atoms with van der Waals surface area (Å²) < 4.78 is 16.1. The zero-order valence-corrected chi connectivity index (χ0v) is 17.8. The molecule has 3 N–H and O–H groups in total. The van der Waals surface area contributed by atoms with Gasteiger partial charge in [-0.3, -0.25) is 9.59 Å². The number of carbonyl (C=O) groups is 2. The minimum Gasteiger partial charge on any atom is -0.493 e. The molecule has 2 aromatic heterocycles. The normalized spacial score (nSPS) is 11.2. The molecule has 3 aromatic rings. The highest BCUT2D eigenvalue weighted by Gasteiger charge is 2.24. The Labute approximate surface area is 181 Å². The summed E-state index contributed by atoms with van der Waals surface area (Å²) in [6.45, 7) is 1.60. The molecule has 0 saturated heterocycles. The number of anilines is 1. The first-order valence-corrected chi connectivity index (χ1v) is 9.17. The number of methoxy groups -OCH3 is 1. The summed E-state index contributed by atoms with van der Waals surface area (Å²) in [5.74, 6) is -0.328. The maximum atomic E-state index is 12.7. The minimum atomic E-state index is -0.595. The Bertz CT molecular complexity index is 1150. The third-order valence-electron chi connectivity index (χ3n) is 3.96. The van der Waals surface area contributed by atoms with Gasteiger partial charge in [-0.25, -0.2) is 10.1 Å². The highest BCUT2D eigenvalue weighted by Crippen LogP contribution is 2.27. The molecule has 0 aliphatic rings. The third kappa shape index (κ3) is 5.04. The number of nitrogens with zero attached hydrogens (tertiary/aromatic N) is 7. The number of nitrogen functional groups attached to an aromatic ring is 1. The van der Waals surface area contributed by atoms with E-state index in [9.17, 15) is 9.59 Å². The highest BCUT2D eigenvalue weighted by atomic mass is 16.6. The van der Waals surface area contributed by atoms with Crippen molar-refractivity contribution in [3.8, 4) is 17.3 Å². The van der Waals surface area contributed by atoms with Gasteiger partial charge in [0, 0.05) is 13.5 Å². The SMILES string of the molecule is COc1cc(C=NNC(=O)c2nnn(-c3nonc3N)c2CN(C)C)ccc1OC(C)=O. The van der Waals surface area contributed by atoms with Gasteiger partial charge in [0.05, 0.1) is 19.0 Å². The van der Waals surface area contributed by atoms with Crippen LogP contribution >= 0.6 is 0 Å². The summed E-state index contributed by atoms with van der Waals surface area (Å²) in [7, 11) is 5.07. The Hall–Kier alpha value is -4.33. The van der Waals surface area contributed by atoms with E-state index in [2.05, 4.69) is 35.8 Å². The predicted octanol–water partition coefficient (Wildman–Crippen LogP) is -0.00810. The van der Waals surface area contributed by atoms with E-state index < -0.39 is 11.9 Å². The maximum absolute atomic E-state index is 12.7. The smallest absolute Gasteiger partial charge is 0.308 e. The molecule has 1 aromatic carbocycles. The van der Waals surface area contributed by atoms with Crippen LogP contribution in [0.15, 0.2) is 27.9 Å². The van der Waals surface area contributed by atoms with Crippen molar-refractivity contribution in [2.75, 3.05) is 26.9 Å². The van der Waals surface area contributed by atoms with Crippen LogP contribution in [0, 0.1) is 0 Å². The van der Waals surface area contributed by atoms with Crippen LogP contribution in [-0.4, -0.2) is 69.5 Å². The van der Waals surface area contributed by atoms with Crippen LogP contribution in [-0.2, 0) is 11.3 Å². The molecule has 0 unspecified atom stereocenters. The molecule has 0 fully saturated rings. The first-order chi connectivity index (χ1) is 15.3. The van der Waals surface area contributed by atoms with E-state index in [1.54, 1.807) is 18.2 Å². The fourth-order valence-corrected chi connectivity index (χ4v) is 2.65. The monoisotopic (exact) mass is 443 g/mol. The van der Waals surface area contributed by atoms with Gasteiger partial charge in [0.25, 0.3) is 5.91 Å². The lowest BCUT2D eigenvalue weighted by Gasteiger charge is -2.11. The molecule has 0 saturated carbocycles. The van der Waals surface area contributed by atoms with Crippen molar-refractivity contribution in [3.63, 3.8) is 0 Å². The third-order valence-corrected chi connectivity index (χ3v) is 3.96. The summed E-state index contributed by atoms with van der Waals surface area (Å²) in [5.41, 5.74) is 9.17. The van der Waals surface area contributed by atoms with E-state index in [-0.39, 0.29) is 23.1 Å². The van der Waals surface area contributed by atoms with Crippen molar-refractivity contribution >= 4 is 23.9 Å². The number of benzene rings is 1. The number of hydrogen-bond acceptors (Lipinski definition) is 12. The van der Waals surface area contributed by atoms with Gasteiger partial charge >= 0.3 is 5.97 Å². The van der Waals surface area contributed by atoms with Gasteiger partial charge in [-0.1, -0.05) is 5.21 Å². The van der Waals surface area contributed by atoms with Gasteiger partial charge in [-0.15, -0.1) is 5.10 Å². The Morgan fingerprint density at radius 1 is 1.31 bits per heavy atom. The molecule has 32 heavy (non-hydrogen) atoms. The van der Waals surface area contributed by atoms with Crippen LogP contribution in [0.1, 0.15) is 28.7 Å². The van der Waals surface area contributed by atoms with E-state index >= 15 is 0 Å². The van der Waals surface area contributed by atoms with Crippen LogP contribution < -0.4 is 20.6 Å². The van der Waals surface area contributed by atoms with E-state index in [0.717, 1.165) is 0 Å². The number of aromatic nitrogens is 5. The van der Waals surface area contributed by atoms with Crippen molar-refractivity contribution in [2.24, 2.45) is 5.10 Å².